The van der Waals surface area contributed by atoms with Crippen molar-refractivity contribution in [3.63, 3.8) is 0 Å². The maximum Gasteiger partial charge on any atom is -0.0124 e. The van der Waals surface area contributed by atoms with Gasteiger partial charge in [-0.1, -0.05) is 37.6 Å². The third kappa shape index (κ3) is 1.38. The van der Waals surface area contributed by atoms with Crippen molar-refractivity contribution in [3.05, 3.63) is 41.8 Å². The molecule has 0 N–H and O–H groups in total. The third-order valence-electron chi connectivity index (χ3n) is 2.82. The van der Waals surface area contributed by atoms with Gasteiger partial charge in [0.1, 0.15) is 0 Å². The summed E-state index contributed by atoms with van der Waals surface area (Å²) >= 11 is 0. The average molecular weight is 159 g/mol. The number of hydrogen-bond donors (Lipinski definition) is 0. The molecular formula is C12H15. The van der Waals surface area contributed by atoms with Crippen molar-refractivity contribution in [1.29, 1.82) is 0 Å². The summed E-state index contributed by atoms with van der Waals surface area (Å²) in [5, 5.41) is 0. The molecule has 0 amide bonds. The Morgan fingerprint density at radius 3 is 2.75 bits per heavy atom. The maximum atomic E-state index is 2.32. The summed E-state index contributed by atoms with van der Waals surface area (Å²) in [5.74, 6) is 0.866. The van der Waals surface area contributed by atoms with Crippen LogP contribution < -0.4 is 0 Å². The Morgan fingerprint density at radius 1 is 1.33 bits per heavy atom. The molecule has 1 fully saturated rings. The second-order valence-electron chi connectivity index (χ2n) is 3.59. The Morgan fingerprint density at radius 2 is 2.17 bits per heavy atom. The standard InChI is InChI=1S/C12H15/c1-2-10-5-3-8-12(9-10)11-6-4-7-11/h2-3,5,8-9,11H,4,6-7H2,1H3. The number of rotatable bonds is 2. The molecule has 0 heteroatoms. The fraction of sp³-hybridized carbons (Fsp3) is 0.417. The van der Waals surface area contributed by atoms with Gasteiger partial charge in [-0.2, -0.15) is 0 Å². The van der Waals surface area contributed by atoms with E-state index >= 15 is 0 Å². The molecule has 0 aliphatic heterocycles. The molecule has 0 atom stereocenters. The van der Waals surface area contributed by atoms with E-state index in [1.54, 1.807) is 0 Å². The van der Waals surface area contributed by atoms with Crippen molar-refractivity contribution in [3.8, 4) is 0 Å². The minimum atomic E-state index is 0.866. The van der Waals surface area contributed by atoms with E-state index in [-0.39, 0.29) is 0 Å². The maximum absolute atomic E-state index is 2.32. The van der Waals surface area contributed by atoms with Crippen molar-refractivity contribution < 1.29 is 0 Å². The molecule has 1 aromatic rings. The summed E-state index contributed by atoms with van der Waals surface area (Å²) in [5.41, 5.74) is 2.90. The highest BCUT2D eigenvalue weighted by Crippen LogP contribution is 2.36. The molecule has 63 valence electrons. The van der Waals surface area contributed by atoms with Crippen LogP contribution in [0.4, 0.5) is 0 Å². The van der Waals surface area contributed by atoms with Crippen molar-refractivity contribution in [1.82, 2.24) is 0 Å². The highest BCUT2D eigenvalue weighted by atomic mass is 14.2. The molecule has 0 aromatic heterocycles. The lowest BCUT2D eigenvalue weighted by Crippen LogP contribution is -2.08. The lowest BCUT2D eigenvalue weighted by Gasteiger charge is -2.26. The van der Waals surface area contributed by atoms with Gasteiger partial charge in [0, 0.05) is 0 Å². The van der Waals surface area contributed by atoms with Crippen molar-refractivity contribution in [2.75, 3.05) is 0 Å². The topological polar surface area (TPSA) is 0 Å². The summed E-state index contributed by atoms with van der Waals surface area (Å²) in [4.78, 5) is 0. The molecule has 0 saturated heterocycles. The zero-order valence-electron chi connectivity index (χ0n) is 7.59. The smallest absolute Gasteiger partial charge is 0.0124 e. The highest BCUT2D eigenvalue weighted by Gasteiger charge is 2.18. The first kappa shape index (κ1) is 7.85. The zero-order chi connectivity index (χ0) is 8.39. The molecule has 0 heterocycles. The van der Waals surface area contributed by atoms with Crippen LogP contribution in [-0.4, -0.2) is 0 Å². The fourth-order valence-corrected chi connectivity index (χ4v) is 1.73. The predicted molar refractivity (Wildman–Crippen MR) is 52.1 cm³/mol. The quantitative estimate of drug-likeness (QED) is 0.619. The first-order chi connectivity index (χ1) is 5.90. The molecule has 1 aliphatic carbocycles. The largest absolute Gasteiger partial charge is 0.0617 e. The summed E-state index contributed by atoms with van der Waals surface area (Å²) in [6.45, 7) is 2.10. The molecule has 0 bridgehead atoms. The lowest BCUT2D eigenvalue weighted by atomic mass is 9.79. The van der Waals surface area contributed by atoms with Gasteiger partial charge >= 0.3 is 0 Å². The minimum Gasteiger partial charge on any atom is -0.0617 e. The second-order valence-corrected chi connectivity index (χ2v) is 3.59. The molecule has 1 aromatic carbocycles. The van der Waals surface area contributed by atoms with Crippen LogP contribution in [0.2, 0.25) is 0 Å². The predicted octanol–water partition coefficient (Wildman–Crippen LogP) is 3.53. The van der Waals surface area contributed by atoms with Crippen LogP contribution in [0, 0.1) is 6.42 Å². The Labute approximate surface area is 74.6 Å². The van der Waals surface area contributed by atoms with Crippen molar-refractivity contribution in [2.24, 2.45) is 0 Å². The van der Waals surface area contributed by atoms with Crippen LogP contribution in [0.25, 0.3) is 0 Å². The Bertz CT molecular complexity index is 258. The van der Waals surface area contributed by atoms with E-state index in [1.165, 1.54) is 30.4 Å². The third-order valence-corrected chi connectivity index (χ3v) is 2.82. The number of benzene rings is 1. The van der Waals surface area contributed by atoms with E-state index in [2.05, 4.69) is 37.6 Å². The Balaban J connectivity index is 2.19. The molecule has 2 rings (SSSR count). The molecule has 0 spiro atoms. The van der Waals surface area contributed by atoms with E-state index < -0.39 is 0 Å². The molecule has 0 nitrogen and oxygen atoms in total. The summed E-state index contributed by atoms with van der Waals surface area (Å²) in [6.07, 6.45) is 6.38. The number of hydrogen-bond acceptors (Lipinski definition) is 0. The van der Waals surface area contributed by atoms with Crippen LogP contribution in [-0.2, 0) is 0 Å². The summed E-state index contributed by atoms with van der Waals surface area (Å²) in [7, 11) is 0. The molecular weight excluding hydrogens is 144 g/mol. The molecule has 12 heavy (non-hydrogen) atoms. The molecule has 1 radical (unpaired) electrons. The van der Waals surface area contributed by atoms with Crippen molar-refractivity contribution >= 4 is 0 Å². The van der Waals surface area contributed by atoms with E-state index in [9.17, 15) is 0 Å². The molecule has 1 saturated carbocycles. The first-order valence-corrected chi connectivity index (χ1v) is 4.79. The van der Waals surface area contributed by atoms with Gasteiger partial charge in [0.05, 0.1) is 0 Å². The summed E-state index contributed by atoms with van der Waals surface area (Å²) in [6, 6.07) is 8.92. The van der Waals surface area contributed by atoms with E-state index in [0.29, 0.717) is 0 Å². The second kappa shape index (κ2) is 3.30. The fourth-order valence-electron chi connectivity index (χ4n) is 1.73. The first-order valence-electron chi connectivity index (χ1n) is 4.79. The minimum absolute atomic E-state index is 0.866. The van der Waals surface area contributed by atoms with Gasteiger partial charge in [-0.3, -0.25) is 0 Å². The van der Waals surface area contributed by atoms with Crippen LogP contribution in [0.5, 0.6) is 0 Å². The molecule has 0 unspecified atom stereocenters. The Kier molecular flexibility index (Phi) is 2.16. The van der Waals surface area contributed by atoms with Crippen LogP contribution in [0.15, 0.2) is 24.3 Å². The van der Waals surface area contributed by atoms with Gasteiger partial charge in [-0.15, -0.1) is 0 Å². The Hall–Kier alpha value is -0.780. The zero-order valence-corrected chi connectivity index (χ0v) is 7.59. The van der Waals surface area contributed by atoms with Crippen LogP contribution in [0.3, 0.4) is 0 Å². The van der Waals surface area contributed by atoms with Crippen LogP contribution in [0.1, 0.15) is 43.2 Å². The van der Waals surface area contributed by atoms with Gasteiger partial charge in [-0.25, -0.2) is 0 Å². The van der Waals surface area contributed by atoms with Gasteiger partial charge < -0.3 is 0 Å². The highest BCUT2D eigenvalue weighted by molar-refractivity contribution is 5.31. The van der Waals surface area contributed by atoms with E-state index in [4.69, 9.17) is 0 Å². The average Bonchev–Trinajstić information content (AvgIpc) is 2.02. The lowest BCUT2D eigenvalue weighted by molar-refractivity contribution is 0.419. The van der Waals surface area contributed by atoms with Crippen molar-refractivity contribution in [2.45, 2.75) is 32.1 Å². The van der Waals surface area contributed by atoms with Gasteiger partial charge in [0.25, 0.3) is 0 Å². The monoisotopic (exact) mass is 159 g/mol. The molecule has 1 aliphatic rings. The normalized spacial score (nSPS) is 17.4. The van der Waals surface area contributed by atoms with Gasteiger partial charge in [0.2, 0.25) is 0 Å². The van der Waals surface area contributed by atoms with Crippen LogP contribution >= 0.6 is 0 Å². The summed E-state index contributed by atoms with van der Waals surface area (Å²) < 4.78 is 0. The van der Waals surface area contributed by atoms with E-state index in [0.717, 1.165) is 5.92 Å². The van der Waals surface area contributed by atoms with Gasteiger partial charge in [-0.05, 0) is 36.3 Å². The van der Waals surface area contributed by atoms with E-state index in [1.807, 2.05) is 0 Å². The van der Waals surface area contributed by atoms with Gasteiger partial charge in [0.15, 0.2) is 0 Å². The SMILES string of the molecule is C[CH]c1cccc(C2CCC2)c1.